The summed E-state index contributed by atoms with van der Waals surface area (Å²) in [6, 6.07) is 11.8. The fourth-order valence-corrected chi connectivity index (χ4v) is 4.84. The molecule has 2 saturated heterocycles. The SMILES string of the molecule is CC(=O)N1C[C@@H]2CN(C(=O)CCc3cc(=O)[nH]o3)C[C@]2(CCc2ccccc2)C1. The summed E-state index contributed by atoms with van der Waals surface area (Å²) in [7, 11) is 0. The molecule has 2 aliphatic rings. The lowest BCUT2D eigenvalue weighted by atomic mass is 9.76. The van der Waals surface area contributed by atoms with Crippen molar-refractivity contribution in [1.82, 2.24) is 15.0 Å². The predicted octanol–water partition coefficient (Wildman–Crippen LogP) is 1.84. The molecule has 0 saturated carbocycles. The van der Waals surface area contributed by atoms with Crippen LogP contribution >= 0.6 is 0 Å². The predicted molar refractivity (Wildman–Crippen MR) is 107 cm³/mol. The quantitative estimate of drug-likeness (QED) is 0.806. The Balaban J connectivity index is 1.43. The lowest BCUT2D eigenvalue weighted by molar-refractivity contribution is -0.131. The number of carbonyl (C=O) groups is 2. The van der Waals surface area contributed by atoms with Crippen molar-refractivity contribution in [1.29, 1.82) is 0 Å². The van der Waals surface area contributed by atoms with E-state index in [2.05, 4.69) is 17.3 Å². The molecule has 2 amide bonds. The minimum atomic E-state index is -0.285. The number of aromatic amines is 1. The number of hydrogen-bond donors (Lipinski definition) is 1. The zero-order valence-electron chi connectivity index (χ0n) is 16.7. The van der Waals surface area contributed by atoms with Gasteiger partial charge in [0.25, 0.3) is 5.56 Å². The Morgan fingerprint density at radius 3 is 2.55 bits per heavy atom. The third kappa shape index (κ3) is 4.13. The summed E-state index contributed by atoms with van der Waals surface area (Å²) in [4.78, 5) is 39.8. The molecule has 2 atom stereocenters. The molecule has 7 heteroatoms. The molecule has 29 heavy (non-hydrogen) atoms. The van der Waals surface area contributed by atoms with Gasteiger partial charge in [-0.05, 0) is 18.4 Å². The smallest absolute Gasteiger partial charge is 0.280 e. The first-order chi connectivity index (χ1) is 13.9. The number of H-pyrrole nitrogens is 1. The zero-order valence-corrected chi connectivity index (χ0v) is 16.7. The summed E-state index contributed by atoms with van der Waals surface area (Å²) >= 11 is 0. The maximum atomic E-state index is 12.8. The second kappa shape index (κ2) is 7.89. The van der Waals surface area contributed by atoms with Gasteiger partial charge in [-0.15, -0.1) is 0 Å². The number of aryl methyl sites for hydroxylation is 2. The second-order valence-corrected chi connectivity index (χ2v) is 8.40. The van der Waals surface area contributed by atoms with E-state index in [0.717, 1.165) is 25.9 Å². The van der Waals surface area contributed by atoms with Crippen molar-refractivity contribution < 1.29 is 14.1 Å². The highest BCUT2D eigenvalue weighted by atomic mass is 16.5. The lowest BCUT2D eigenvalue weighted by Gasteiger charge is -2.29. The van der Waals surface area contributed by atoms with Gasteiger partial charge in [0, 0.05) is 63.3 Å². The number of hydrogen-bond acceptors (Lipinski definition) is 4. The van der Waals surface area contributed by atoms with Crippen LogP contribution in [0.25, 0.3) is 0 Å². The molecule has 154 valence electrons. The molecule has 1 aromatic heterocycles. The Bertz CT molecular complexity index is 935. The van der Waals surface area contributed by atoms with Gasteiger partial charge >= 0.3 is 0 Å². The molecule has 0 aliphatic carbocycles. The number of aromatic nitrogens is 1. The third-order valence-corrected chi connectivity index (χ3v) is 6.47. The molecule has 1 N–H and O–H groups in total. The number of fused-ring (bicyclic) bond motifs is 1. The Morgan fingerprint density at radius 2 is 1.86 bits per heavy atom. The summed E-state index contributed by atoms with van der Waals surface area (Å²) in [6.07, 6.45) is 2.63. The van der Waals surface area contributed by atoms with E-state index in [0.29, 0.717) is 37.6 Å². The van der Waals surface area contributed by atoms with Gasteiger partial charge in [0.1, 0.15) is 5.76 Å². The lowest BCUT2D eigenvalue weighted by Crippen LogP contribution is -2.38. The van der Waals surface area contributed by atoms with Crippen LogP contribution < -0.4 is 5.56 Å². The average Bonchev–Trinajstić information content (AvgIpc) is 3.37. The van der Waals surface area contributed by atoms with Crippen molar-refractivity contribution in [2.24, 2.45) is 11.3 Å². The Labute approximate surface area is 169 Å². The van der Waals surface area contributed by atoms with E-state index in [1.165, 1.54) is 11.6 Å². The Kier molecular flexibility index (Phi) is 5.30. The number of benzene rings is 1. The fraction of sp³-hybridized carbons (Fsp3) is 0.500. The monoisotopic (exact) mass is 397 g/mol. The number of nitrogens with zero attached hydrogens (tertiary/aromatic N) is 2. The van der Waals surface area contributed by atoms with E-state index >= 15 is 0 Å². The summed E-state index contributed by atoms with van der Waals surface area (Å²) in [6.45, 7) is 4.44. The van der Waals surface area contributed by atoms with Crippen molar-refractivity contribution >= 4 is 11.8 Å². The van der Waals surface area contributed by atoms with E-state index in [1.807, 2.05) is 28.0 Å². The van der Waals surface area contributed by atoms with Crippen LogP contribution in [-0.2, 0) is 22.4 Å². The molecule has 3 heterocycles. The average molecular weight is 397 g/mol. The van der Waals surface area contributed by atoms with Crippen molar-refractivity contribution in [3.63, 3.8) is 0 Å². The van der Waals surface area contributed by atoms with Gasteiger partial charge in [-0.3, -0.25) is 14.4 Å². The molecule has 0 radical (unpaired) electrons. The van der Waals surface area contributed by atoms with Crippen molar-refractivity contribution in [3.05, 3.63) is 58.1 Å². The number of nitrogens with one attached hydrogen (secondary N) is 1. The molecule has 0 unspecified atom stereocenters. The standard InChI is InChI=1S/C22H27N3O4/c1-16(26)24-12-18-13-25(21(28)8-7-19-11-20(27)23-29-19)15-22(18,14-24)10-9-17-5-3-2-4-6-17/h2-6,11,18H,7-10,12-15H2,1H3,(H,23,27)/t18-,22+/m1/s1. The van der Waals surface area contributed by atoms with Crippen molar-refractivity contribution in [3.8, 4) is 0 Å². The molecule has 2 aliphatic heterocycles. The largest absolute Gasteiger partial charge is 0.384 e. The van der Waals surface area contributed by atoms with E-state index in [9.17, 15) is 14.4 Å². The van der Waals surface area contributed by atoms with Crippen LogP contribution in [0.2, 0.25) is 0 Å². The number of carbonyl (C=O) groups excluding carboxylic acids is 2. The maximum Gasteiger partial charge on any atom is 0.280 e. The van der Waals surface area contributed by atoms with Crippen molar-refractivity contribution in [2.75, 3.05) is 26.2 Å². The highest BCUT2D eigenvalue weighted by Crippen LogP contribution is 2.46. The molecule has 0 bridgehead atoms. The number of likely N-dealkylation sites (tertiary alicyclic amines) is 2. The molecule has 4 rings (SSSR count). The van der Waals surface area contributed by atoms with Gasteiger partial charge in [0.05, 0.1) is 0 Å². The van der Waals surface area contributed by atoms with Crippen LogP contribution in [0.1, 0.15) is 31.1 Å². The van der Waals surface area contributed by atoms with Crippen LogP contribution in [0, 0.1) is 11.3 Å². The first-order valence-electron chi connectivity index (χ1n) is 10.2. The fourth-order valence-electron chi connectivity index (χ4n) is 4.84. The second-order valence-electron chi connectivity index (χ2n) is 8.40. The van der Waals surface area contributed by atoms with Crippen LogP contribution in [0.5, 0.6) is 0 Å². The molecule has 7 nitrogen and oxygen atoms in total. The first kappa shape index (κ1) is 19.5. The number of rotatable bonds is 6. The summed E-state index contributed by atoms with van der Waals surface area (Å²) in [5.41, 5.74) is 0.958. The Morgan fingerprint density at radius 1 is 1.14 bits per heavy atom. The number of amides is 2. The normalized spacial score (nSPS) is 23.4. The molecule has 2 aromatic rings. The molecule has 2 fully saturated rings. The first-order valence-corrected chi connectivity index (χ1v) is 10.2. The molecule has 1 aromatic carbocycles. The van der Waals surface area contributed by atoms with E-state index < -0.39 is 0 Å². The van der Waals surface area contributed by atoms with Gasteiger partial charge in [-0.1, -0.05) is 30.3 Å². The molecule has 0 spiro atoms. The van der Waals surface area contributed by atoms with Crippen molar-refractivity contribution in [2.45, 2.75) is 32.6 Å². The van der Waals surface area contributed by atoms with Gasteiger partial charge in [0.15, 0.2) is 0 Å². The topological polar surface area (TPSA) is 86.6 Å². The van der Waals surface area contributed by atoms with Gasteiger partial charge in [-0.2, -0.15) is 5.16 Å². The van der Waals surface area contributed by atoms with Crippen LogP contribution in [0.4, 0.5) is 0 Å². The van der Waals surface area contributed by atoms with Gasteiger partial charge in [-0.25, -0.2) is 0 Å². The highest BCUT2D eigenvalue weighted by Gasteiger charge is 2.53. The zero-order chi connectivity index (χ0) is 20.4. The third-order valence-electron chi connectivity index (χ3n) is 6.47. The van der Waals surface area contributed by atoms with Gasteiger partial charge in [0.2, 0.25) is 11.8 Å². The highest BCUT2D eigenvalue weighted by molar-refractivity contribution is 5.77. The van der Waals surface area contributed by atoms with Crippen LogP contribution in [0.15, 0.2) is 45.7 Å². The van der Waals surface area contributed by atoms with E-state index in [-0.39, 0.29) is 22.8 Å². The maximum absolute atomic E-state index is 12.8. The van der Waals surface area contributed by atoms with Crippen LogP contribution in [-0.4, -0.2) is 52.9 Å². The van der Waals surface area contributed by atoms with E-state index in [4.69, 9.17) is 4.52 Å². The van der Waals surface area contributed by atoms with E-state index in [1.54, 1.807) is 6.92 Å². The summed E-state index contributed by atoms with van der Waals surface area (Å²) in [5, 5.41) is 2.26. The van der Waals surface area contributed by atoms with Crippen LogP contribution in [0.3, 0.4) is 0 Å². The summed E-state index contributed by atoms with van der Waals surface area (Å²) < 4.78 is 5.05. The minimum absolute atomic E-state index is 0.0438. The minimum Gasteiger partial charge on any atom is -0.384 e. The molecular formula is C22H27N3O4. The summed E-state index contributed by atoms with van der Waals surface area (Å²) in [5.74, 6) is 1.00. The Hall–Kier alpha value is -2.83. The van der Waals surface area contributed by atoms with Gasteiger partial charge < -0.3 is 14.3 Å². The molecular weight excluding hydrogens is 370 g/mol.